The molecule has 0 fully saturated rings. The highest BCUT2D eigenvalue weighted by Crippen LogP contribution is 2.29. The molecule has 0 spiro atoms. The van der Waals surface area contributed by atoms with Crippen molar-refractivity contribution < 1.29 is 4.79 Å². The lowest BCUT2D eigenvalue weighted by Crippen LogP contribution is -2.12. The van der Waals surface area contributed by atoms with Crippen LogP contribution in [0.5, 0.6) is 0 Å². The first kappa shape index (κ1) is 10.7. The summed E-state index contributed by atoms with van der Waals surface area (Å²) < 4.78 is 0. The smallest absolute Gasteiger partial charge is 0.286 e. The summed E-state index contributed by atoms with van der Waals surface area (Å²) in [6.45, 7) is 1.95. The number of aryl methyl sites for hydroxylation is 1. The van der Waals surface area contributed by atoms with Gasteiger partial charge in [-0.1, -0.05) is 36.4 Å². The first-order valence-corrected chi connectivity index (χ1v) is 5.63. The Morgan fingerprint density at radius 1 is 1.06 bits per heavy atom. The van der Waals surface area contributed by atoms with Gasteiger partial charge in [0.25, 0.3) is 5.91 Å². The molecule has 1 aromatic rings. The average Bonchev–Trinajstić information content (AvgIpc) is 2.76. The lowest BCUT2D eigenvalue weighted by molar-refractivity contribution is 0.0991. The molecule has 1 amide bonds. The van der Waals surface area contributed by atoms with Gasteiger partial charge in [-0.05, 0) is 17.9 Å². The molecule has 4 nitrogen and oxygen atoms in total. The van der Waals surface area contributed by atoms with Crippen LogP contribution in [-0.4, -0.2) is 15.9 Å². The van der Waals surface area contributed by atoms with E-state index in [9.17, 15) is 4.79 Å². The summed E-state index contributed by atoms with van der Waals surface area (Å²) in [5, 5.41) is 2.03. The fourth-order valence-electron chi connectivity index (χ4n) is 2.07. The van der Waals surface area contributed by atoms with Crippen LogP contribution >= 0.6 is 0 Å². The zero-order chi connectivity index (χ0) is 12.7. The van der Waals surface area contributed by atoms with Crippen molar-refractivity contribution in [1.82, 2.24) is 9.97 Å². The molecule has 0 radical (unpaired) electrons. The molecule has 1 aliphatic heterocycles. The monoisotopic (exact) mass is 237 g/mol. The van der Waals surface area contributed by atoms with E-state index in [1.54, 1.807) is 0 Å². The van der Waals surface area contributed by atoms with Gasteiger partial charge in [0.15, 0.2) is 0 Å². The lowest BCUT2D eigenvalue weighted by Gasteiger charge is -1.95. The molecule has 2 aliphatic rings. The maximum Gasteiger partial charge on any atom is 0.286 e. The number of fused-ring (bicyclic) bond motifs is 3. The Kier molecular flexibility index (Phi) is 2.23. The summed E-state index contributed by atoms with van der Waals surface area (Å²) in [5.74, 6) is -0.526. The van der Waals surface area contributed by atoms with Crippen molar-refractivity contribution >= 4 is 16.7 Å². The first-order chi connectivity index (χ1) is 8.66. The molecule has 18 heavy (non-hydrogen) atoms. The summed E-state index contributed by atoms with van der Waals surface area (Å²) >= 11 is 0. The summed E-state index contributed by atoms with van der Waals surface area (Å²) in [7, 11) is 0. The average molecular weight is 237 g/mol. The SMILES string of the molecule is Cc1ccc2ccccc2c2nc(C(N)=O)nc1-2. The molecule has 0 saturated heterocycles. The van der Waals surface area contributed by atoms with Gasteiger partial charge in [0, 0.05) is 5.39 Å². The molecule has 88 valence electrons. The van der Waals surface area contributed by atoms with E-state index in [-0.39, 0.29) is 5.82 Å². The summed E-state index contributed by atoms with van der Waals surface area (Å²) in [6, 6.07) is 11.9. The Labute approximate surface area is 104 Å². The molecular weight excluding hydrogens is 226 g/mol. The predicted molar refractivity (Wildman–Crippen MR) is 69.4 cm³/mol. The van der Waals surface area contributed by atoms with Crippen molar-refractivity contribution in [2.45, 2.75) is 6.92 Å². The van der Waals surface area contributed by atoms with Gasteiger partial charge in [-0.3, -0.25) is 4.79 Å². The standard InChI is InChI=1S/C14H11N3O/c1-8-6-7-9-4-2-3-5-10(9)12-11(8)16-14(17-12)13(15)18/h2-7H,1H3,(H2,15,18). The number of hydrogen-bond acceptors (Lipinski definition) is 3. The van der Waals surface area contributed by atoms with Crippen LogP contribution < -0.4 is 5.73 Å². The molecule has 2 N–H and O–H groups in total. The molecule has 1 heterocycles. The topological polar surface area (TPSA) is 68.9 Å². The summed E-state index contributed by atoms with van der Waals surface area (Å²) in [5.41, 5.74) is 7.66. The van der Waals surface area contributed by atoms with E-state index < -0.39 is 5.91 Å². The maximum absolute atomic E-state index is 11.2. The van der Waals surface area contributed by atoms with E-state index in [0.29, 0.717) is 0 Å². The quantitative estimate of drug-likeness (QED) is 0.705. The summed E-state index contributed by atoms with van der Waals surface area (Å²) in [6.07, 6.45) is 0. The van der Waals surface area contributed by atoms with E-state index in [0.717, 1.165) is 27.7 Å². The van der Waals surface area contributed by atoms with E-state index in [1.165, 1.54) is 0 Å². The van der Waals surface area contributed by atoms with Crippen LogP contribution in [0.1, 0.15) is 16.2 Å². The molecule has 0 aromatic heterocycles. The number of imidazole rings is 1. The van der Waals surface area contributed by atoms with Gasteiger partial charge >= 0.3 is 0 Å². The Hall–Kier alpha value is -2.49. The zero-order valence-electron chi connectivity index (χ0n) is 9.84. The van der Waals surface area contributed by atoms with Gasteiger partial charge in [0.05, 0.1) is 11.4 Å². The Morgan fingerprint density at radius 2 is 1.78 bits per heavy atom. The Bertz CT molecular complexity index is 736. The molecule has 1 aromatic carbocycles. The molecule has 0 unspecified atom stereocenters. The van der Waals surface area contributed by atoms with Crippen molar-refractivity contribution in [1.29, 1.82) is 0 Å². The minimum Gasteiger partial charge on any atom is -0.363 e. The van der Waals surface area contributed by atoms with Gasteiger partial charge in [-0.15, -0.1) is 0 Å². The molecule has 0 saturated carbocycles. The number of rotatable bonds is 1. The fraction of sp³-hybridized carbons (Fsp3) is 0.0714. The molecule has 3 rings (SSSR count). The number of benzene rings is 1. The van der Waals surface area contributed by atoms with Crippen molar-refractivity contribution in [3.8, 4) is 11.4 Å². The van der Waals surface area contributed by atoms with Crippen LogP contribution in [0.2, 0.25) is 0 Å². The first-order valence-electron chi connectivity index (χ1n) is 5.63. The number of amides is 1. The third-order valence-electron chi connectivity index (χ3n) is 2.98. The minimum atomic E-state index is -0.600. The van der Waals surface area contributed by atoms with Gasteiger partial charge in [-0.25, -0.2) is 9.97 Å². The highest BCUT2D eigenvalue weighted by molar-refractivity contribution is 5.98. The number of aromatic nitrogens is 2. The number of carbonyl (C=O) groups excluding carboxylic acids is 1. The van der Waals surface area contributed by atoms with Crippen molar-refractivity contribution in [2.24, 2.45) is 5.73 Å². The Balaban J connectivity index is 2.48. The second kappa shape index (κ2) is 3.77. The fourth-order valence-corrected chi connectivity index (χ4v) is 2.07. The number of primary amides is 1. The highest BCUT2D eigenvalue weighted by Gasteiger charge is 2.17. The Morgan fingerprint density at radius 3 is 2.56 bits per heavy atom. The van der Waals surface area contributed by atoms with Gasteiger partial charge in [0.2, 0.25) is 5.82 Å². The molecule has 0 atom stereocenters. The molecular formula is C14H11N3O. The number of nitrogens with two attached hydrogens (primary N) is 1. The van der Waals surface area contributed by atoms with E-state index in [1.807, 2.05) is 43.3 Å². The van der Waals surface area contributed by atoms with Crippen molar-refractivity contribution in [3.63, 3.8) is 0 Å². The van der Waals surface area contributed by atoms with Gasteiger partial charge < -0.3 is 5.73 Å². The van der Waals surface area contributed by atoms with E-state index in [2.05, 4.69) is 9.97 Å². The van der Waals surface area contributed by atoms with Crippen molar-refractivity contribution in [3.05, 3.63) is 47.8 Å². The number of carbonyl (C=O) groups is 1. The zero-order valence-corrected chi connectivity index (χ0v) is 9.84. The lowest BCUT2D eigenvalue weighted by atomic mass is 10.1. The highest BCUT2D eigenvalue weighted by atomic mass is 16.1. The largest absolute Gasteiger partial charge is 0.363 e. The molecule has 0 bridgehead atoms. The van der Waals surface area contributed by atoms with Gasteiger partial charge in [0.1, 0.15) is 0 Å². The maximum atomic E-state index is 11.2. The van der Waals surface area contributed by atoms with Crippen LogP contribution in [0.4, 0.5) is 0 Å². The van der Waals surface area contributed by atoms with Crippen LogP contribution in [0, 0.1) is 6.92 Å². The van der Waals surface area contributed by atoms with Crippen LogP contribution in [0.3, 0.4) is 0 Å². The molecule has 1 aliphatic carbocycles. The van der Waals surface area contributed by atoms with E-state index in [4.69, 9.17) is 5.73 Å². The normalized spacial score (nSPS) is 10.9. The summed E-state index contributed by atoms with van der Waals surface area (Å²) in [4.78, 5) is 19.7. The number of nitrogens with zero attached hydrogens (tertiary/aromatic N) is 2. The van der Waals surface area contributed by atoms with Crippen LogP contribution in [-0.2, 0) is 0 Å². The van der Waals surface area contributed by atoms with Crippen molar-refractivity contribution in [2.75, 3.05) is 0 Å². The third-order valence-corrected chi connectivity index (χ3v) is 2.98. The van der Waals surface area contributed by atoms with E-state index >= 15 is 0 Å². The van der Waals surface area contributed by atoms with Crippen LogP contribution in [0.25, 0.3) is 22.2 Å². The number of hydrogen-bond donors (Lipinski definition) is 1. The molecule has 4 heteroatoms. The third kappa shape index (κ3) is 1.50. The second-order valence-electron chi connectivity index (χ2n) is 4.21. The van der Waals surface area contributed by atoms with Crippen LogP contribution in [0.15, 0.2) is 36.4 Å². The van der Waals surface area contributed by atoms with Gasteiger partial charge in [-0.2, -0.15) is 0 Å². The second-order valence-corrected chi connectivity index (χ2v) is 4.21. The minimum absolute atomic E-state index is 0.0736. The predicted octanol–water partition coefficient (Wildman–Crippen LogP) is 2.14.